The molecule has 1 N–H and O–H groups in total. The second-order valence-electron chi connectivity index (χ2n) is 3.31. The molecule has 3 aromatic heterocycles. The van der Waals surface area contributed by atoms with Gasteiger partial charge in [-0.1, -0.05) is 0 Å². The quantitative estimate of drug-likeness (QED) is 0.741. The average Bonchev–Trinajstić information content (AvgIpc) is 3.01. The van der Waals surface area contributed by atoms with Gasteiger partial charge in [-0.15, -0.1) is 0 Å². The van der Waals surface area contributed by atoms with E-state index < -0.39 is 0 Å². The molecule has 84 valence electrons. The van der Waals surface area contributed by atoms with Crippen LogP contribution in [0.3, 0.4) is 0 Å². The van der Waals surface area contributed by atoms with E-state index in [2.05, 4.69) is 20.4 Å². The minimum Gasteiger partial charge on any atom is -0.449 e. The highest BCUT2D eigenvalue weighted by atomic mass is 16.3. The Hall–Kier alpha value is -2.63. The van der Waals surface area contributed by atoms with E-state index in [0.717, 1.165) is 0 Å². The van der Waals surface area contributed by atoms with E-state index in [-0.39, 0.29) is 0 Å². The first-order chi connectivity index (χ1) is 8.42. The Bertz CT molecular complexity index is 588. The summed E-state index contributed by atoms with van der Waals surface area (Å²) in [7, 11) is 0. The van der Waals surface area contributed by atoms with Crippen LogP contribution < -0.4 is 5.32 Å². The molecule has 0 bridgehead atoms. The van der Waals surface area contributed by atoms with Crippen molar-refractivity contribution in [3.63, 3.8) is 0 Å². The Balaban J connectivity index is 1.89. The third-order valence-electron chi connectivity index (χ3n) is 2.16. The molecule has 3 heterocycles. The van der Waals surface area contributed by atoms with Gasteiger partial charge in [0.1, 0.15) is 12.1 Å². The number of nitrogens with zero attached hydrogens (tertiary/aromatic N) is 4. The van der Waals surface area contributed by atoms with Crippen LogP contribution in [0.4, 0.5) is 11.7 Å². The van der Waals surface area contributed by atoms with Crippen LogP contribution in [0.1, 0.15) is 0 Å². The minimum absolute atomic E-state index is 0.634. The number of hydrogen-bond donors (Lipinski definition) is 1. The van der Waals surface area contributed by atoms with Gasteiger partial charge in [-0.3, -0.25) is 0 Å². The van der Waals surface area contributed by atoms with E-state index in [9.17, 15) is 0 Å². The Morgan fingerprint density at radius 2 is 2.24 bits per heavy atom. The van der Waals surface area contributed by atoms with Crippen molar-refractivity contribution >= 4 is 11.7 Å². The molecule has 0 spiro atoms. The molecule has 0 atom stereocenters. The Morgan fingerprint density at radius 3 is 3.00 bits per heavy atom. The summed E-state index contributed by atoms with van der Waals surface area (Å²) in [5, 5.41) is 7.13. The molecule has 0 aliphatic rings. The summed E-state index contributed by atoms with van der Waals surface area (Å²) in [5.74, 6) is 1.98. The first-order valence-electron chi connectivity index (χ1n) is 5.04. The van der Waals surface area contributed by atoms with Gasteiger partial charge in [-0.05, 0) is 12.1 Å². The zero-order valence-electron chi connectivity index (χ0n) is 8.82. The van der Waals surface area contributed by atoms with Crippen molar-refractivity contribution in [3.8, 4) is 5.82 Å². The lowest BCUT2D eigenvalue weighted by Gasteiger charge is -2.04. The van der Waals surface area contributed by atoms with Gasteiger partial charge >= 0.3 is 0 Å². The largest absolute Gasteiger partial charge is 0.449 e. The van der Waals surface area contributed by atoms with Gasteiger partial charge in [-0.2, -0.15) is 5.10 Å². The van der Waals surface area contributed by atoms with Crippen LogP contribution >= 0.6 is 0 Å². The van der Waals surface area contributed by atoms with Gasteiger partial charge in [-0.25, -0.2) is 14.6 Å². The van der Waals surface area contributed by atoms with E-state index in [4.69, 9.17) is 4.42 Å². The van der Waals surface area contributed by atoms with Crippen molar-refractivity contribution in [2.45, 2.75) is 0 Å². The number of furan rings is 1. The molecule has 0 saturated carbocycles. The van der Waals surface area contributed by atoms with Gasteiger partial charge in [0.15, 0.2) is 11.7 Å². The number of rotatable bonds is 3. The molecule has 3 rings (SSSR count). The minimum atomic E-state index is 0.634. The van der Waals surface area contributed by atoms with Crippen LogP contribution in [0.2, 0.25) is 0 Å². The summed E-state index contributed by atoms with van der Waals surface area (Å²) < 4.78 is 6.84. The van der Waals surface area contributed by atoms with Crippen molar-refractivity contribution in [2.24, 2.45) is 0 Å². The van der Waals surface area contributed by atoms with Crippen LogP contribution in [0.25, 0.3) is 5.82 Å². The molecule has 3 aromatic rings. The highest BCUT2D eigenvalue weighted by molar-refractivity contribution is 5.51. The number of anilines is 2. The number of nitrogens with one attached hydrogen (secondary N) is 1. The van der Waals surface area contributed by atoms with Gasteiger partial charge in [0.2, 0.25) is 0 Å². The molecule has 0 aliphatic heterocycles. The second-order valence-corrected chi connectivity index (χ2v) is 3.31. The van der Waals surface area contributed by atoms with Crippen LogP contribution in [0.5, 0.6) is 0 Å². The molecule has 0 unspecified atom stereocenters. The fourth-order valence-corrected chi connectivity index (χ4v) is 1.42. The number of hydrogen-bond acceptors (Lipinski definition) is 5. The lowest BCUT2D eigenvalue weighted by molar-refractivity contribution is 0.585. The Kier molecular flexibility index (Phi) is 2.31. The molecule has 0 aliphatic carbocycles. The highest BCUT2D eigenvalue weighted by Gasteiger charge is 2.02. The summed E-state index contributed by atoms with van der Waals surface area (Å²) in [6.07, 6.45) is 6.58. The summed E-state index contributed by atoms with van der Waals surface area (Å²) in [4.78, 5) is 8.23. The second kappa shape index (κ2) is 4.09. The van der Waals surface area contributed by atoms with Crippen molar-refractivity contribution < 1.29 is 4.42 Å². The van der Waals surface area contributed by atoms with E-state index in [0.29, 0.717) is 17.5 Å². The van der Waals surface area contributed by atoms with Crippen molar-refractivity contribution in [2.75, 3.05) is 5.32 Å². The molecule has 0 radical (unpaired) electrons. The number of aromatic nitrogens is 4. The van der Waals surface area contributed by atoms with E-state index >= 15 is 0 Å². The van der Waals surface area contributed by atoms with Crippen LogP contribution in [0.15, 0.2) is 53.7 Å². The first-order valence-corrected chi connectivity index (χ1v) is 5.04. The summed E-state index contributed by atoms with van der Waals surface area (Å²) in [5.41, 5.74) is 0. The van der Waals surface area contributed by atoms with Gasteiger partial charge < -0.3 is 9.73 Å². The summed E-state index contributed by atoms with van der Waals surface area (Å²) >= 11 is 0. The normalized spacial score (nSPS) is 10.4. The van der Waals surface area contributed by atoms with E-state index in [1.807, 2.05) is 18.3 Å². The van der Waals surface area contributed by atoms with Crippen LogP contribution in [-0.2, 0) is 0 Å². The Labute approximate surface area is 96.9 Å². The maximum atomic E-state index is 5.17. The van der Waals surface area contributed by atoms with Crippen molar-refractivity contribution in [1.82, 2.24) is 19.7 Å². The fourth-order valence-electron chi connectivity index (χ4n) is 1.42. The van der Waals surface area contributed by atoms with Crippen LogP contribution in [-0.4, -0.2) is 19.7 Å². The standard InChI is InChI=1S/C11H9N5O/c1-3-11(17-6-1)15-9-7-10(13-8-12-9)16-5-2-4-14-16/h1-8H,(H,12,13,15). The van der Waals surface area contributed by atoms with Gasteiger partial charge in [0.25, 0.3) is 0 Å². The lowest BCUT2D eigenvalue weighted by atomic mass is 10.5. The summed E-state index contributed by atoms with van der Waals surface area (Å²) in [6, 6.07) is 7.24. The first kappa shape index (κ1) is 9.59. The average molecular weight is 227 g/mol. The smallest absolute Gasteiger partial charge is 0.198 e. The van der Waals surface area contributed by atoms with Gasteiger partial charge in [0.05, 0.1) is 6.26 Å². The fraction of sp³-hybridized carbons (Fsp3) is 0. The zero-order chi connectivity index (χ0) is 11.5. The van der Waals surface area contributed by atoms with E-state index in [1.54, 1.807) is 29.3 Å². The summed E-state index contributed by atoms with van der Waals surface area (Å²) in [6.45, 7) is 0. The van der Waals surface area contributed by atoms with Crippen molar-refractivity contribution in [3.05, 3.63) is 49.2 Å². The maximum Gasteiger partial charge on any atom is 0.198 e. The third-order valence-corrected chi connectivity index (χ3v) is 2.16. The molecule has 17 heavy (non-hydrogen) atoms. The predicted molar refractivity (Wildman–Crippen MR) is 61.1 cm³/mol. The van der Waals surface area contributed by atoms with Crippen molar-refractivity contribution in [1.29, 1.82) is 0 Å². The van der Waals surface area contributed by atoms with E-state index in [1.165, 1.54) is 6.33 Å². The molecular formula is C11H9N5O. The SMILES string of the molecule is c1coc(Nc2cc(-n3cccn3)ncn2)c1. The van der Waals surface area contributed by atoms with Crippen LogP contribution in [0, 0.1) is 0 Å². The predicted octanol–water partition coefficient (Wildman–Crippen LogP) is 2.00. The van der Waals surface area contributed by atoms with Gasteiger partial charge in [0, 0.05) is 24.5 Å². The maximum absolute atomic E-state index is 5.17. The zero-order valence-corrected chi connectivity index (χ0v) is 8.82. The highest BCUT2D eigenvalue weighted by Crippen LogP contribution is 2.15. The molecular weight excluding hydrogens is 218 g/mol. The lowest BCUT2D eigenvalue weighted by Crippen LogP contribution is -2.00. The molecule has 0 amide bonds. The molecule has 0 aromatic carbocycles. The topological polar surface area (TPSA) is 68.8 Å². The molecule has 6 heteroatoms. The third kappa shape index (κ3) is 2.00. The molecule has 0 fully saturated rings. The monoisotopic (exact) mass is 227 g/mol. The molecule has 6 nitrogen and oxygen atoms in total. The molecule has 0 saturated heterocycles. The Morgan fingerprint density at radius 1 is 1.24 bits per heavy atom.